The third-order valence-corrected chi connectivity index (χ3v) is 2.88. The lowest BCUT2D eigenvalue weighted by atomic mass is 10.1. The van der Waals surface area contributed by atoms with Crippen LogP contribution >= 0.6 is 0 Å². The minimum Gasteiger partial charge on any atom is -0.409 e. The molecular formula is C12H17FN4O2. The van der Waals surface area contributed by atoms with Gasteiger partial charge in [-0.2, -0.15) is 0 Å². The van der Waals surface area contributed by atoms with Gasteiger partial charge in [0.25, 0.3) is 0 Å². The summed E-state index contributed by atoms with van der Waals surface area (Å²) in [5, 5.41) is 13.5. The maximum absolute atomic E-state index is 13.4. The molecule has 0 bridgehead atoms. The Bertz CT molecular complexity index is 461. The highest BCUT2D eigenvalue weighted by Crippen LogP contribution is 2.09. The molecule has 1 heterocycles. The molecule has 2 rings (SSSR count). The summed E-state index contributed by atoms with van der Waals surface area (Å²) in [6.45, 7) is 3.44. The molecule has 4 N–H and O–H groups in total. The zero-order valence-electron chi connectivity index (χ0n) is 10.5. The zero-order valence-corrected chi connectivity index (χ0v) is 10.5. The highest BCUT2D eigenvalue weighted by atomic mass is 19.1. The summed E-state index contributed by atoms with van der Waals surface area (Å²) >= 11 is 0. The lowest BCUT2D eigenvalue weighted by Crippen LogP contribution is -2.45. The molecule has 1 aromatic rings. The molecule has 0 aromatic heterocycles. The fourth-order valence-electron chi connectivity index (χ4n) is 1.88. The van der Waals surface area contributed by atoms with E-state index in [4.69, 9.17) is 15.7 Å². The van der Waals surface area contributed by atoms with Crippen LogP contribution in [0.5, 0.6) is 0 Å². The second-order valence-electron chi connectivity index (χ2n) is 4.27. The van der Waals surface area contributed by atoms with Gasteiger partial charge in [-0.3, -0.25) is 5.43 Å². The molecule has 0 radical (unpaired) electrons. The topological polar surface area (TPSA) is 83.1 Å². The Hall–Kier alpha value is -1.70. The first-order chi connectivity index (χ1) is 9.19. The highest BCUT2D eigenvalue weighted by molar-refractivity contribution is 5.97. The Kier molecular flexibility index (Phi) is 4.67. The molecule has 1 aliphatic heterocycles. The average molecular weight is 268 g/mol. The summed E-state index contributed by atoms with van der Waals surface area (Å²) < 4.78 is 18.7. The Morgan fingerprint density at radius 3 is 2.84 bits per heavy atom. The van der Waals surface area contributed by atoms with Crippen LogP contribution in [0.2, 0.25) is 0 Å². The van der Waals surface area contributed by atoms with Crippen molar-refractivity contribution in [2.24, 2.45) is 10.9 Å². The molecule has 1 aromatic carbocycles. The molecule has 7 heteroatoms. The lowest BCUT2D eigenvalue weighted by Gasteiger charge is -2.27. The molecule has 19 heavy (non-hydrogen) atoms. The summed E-state index contributed by atoms with van der Waals surface area (Å²) in [4.78, 5) is 0. The second-order valence-corrected chi connectivity index (χ2v) is 4.27. The number of rotatable bonds is 4. The smallest absolute Gasteiger partial charge is 0.170 e. The largest absolute Gasteiger partial charge is 0.409 e. The monoisotopic (exact) mass is 268 g/mol. The van der Waals surface area contributed by atoms with Gasteiger partial charge in [0.1, 0.15) is 5.82 Å². The predicted octanol–water partition coefficient (Wildman–Crippen LogP) is 0.257. The van der Waals surface area contributed by atoms with Crippen LogP contribution in [0.15, 0.2) is 23.4 Å². The van der Waals surface area contributed by atoms with Crippen molar-refractivity contribution in [3.8, 4) is 0 Å². The minimum atomic E-state index is -0.414. The molecule has 0 saturated carbocycles. The number of amidine groups is 1. The third kappa shape index (κ3) is 3.88. The Morgan fingerprint density at radius 2 is 2.16 bits per heavy atom. The maximum Gasteiger partial charge on any atom is 0.170 e. The van der Waals surface area contributed by atoms with E-state index < -0.39 is 5.82 Å². The molecule has 1 aliphatic rings. The summed E-state index contributed by atoms with van der Waals surface area (Å²) in [7, 11) is 0. The predicted molar refractivity (Wildman–Crippen MR) is 68.1 cm³/mol. The number of nitrogens with zero attached hydrogens (tertiary/aromatic N) is 2. The summed E-state index contributed by atoms with van der Waals surface area (Å²) in [6, 6.07) is 4.33. The van der Waals surface area contributed by atoms with Crippen LogP contribution in [-0.4, -0.2) is 42.4 Å². The molecule has 0 amide bonds. The minimum absolute atomic E-state index is 0.105. The third-order valence-electron chi connectivity index (χ3n) is 2.88. The van der Waals surface area contributed by atoms with Crippen molar-refractivity contribution in [1.82, 2.24) is 10.4 Å². The van der Waals surface area contributed by atoms with Crippen LogP contribution in [0.4, 0.5) is 4.39 Å². The molecule has 0 spiro atoms. The number of nitrogens with one attached hydrogen (secondary N) is 1. The van der Waals surface area contributed by atoms with Crippen molar-refractivity contribution in [3.63, 3.8) is 0 Å². The van der Waals surface area contributed by atoms with E-state index in [-0.39, 0.29) is 5.84 Å². The van der Waals surface area contributed by atoms with Gasteiger partial charge >= 0.3 is 0 Å². The zero-order chi connectivity index (χ0) is 13.7. The van der Waals surface area contributed by atoms with Gasteiger partial charge in [-0.15, -0.1) is 0 Å². The number of ether oxygens (including phenoxy) is 1. The highest BCUT2D eigenvalue weighted by Gasteiger charge is 2.10. The molecule has 104 valence electrons. The van der Waals surface area contributed by atoms with Crippen LogP contribution in [0, 0.1) is 5.82 Å². The second kappa shape index (κ2) is 6.46. The van der Waals surface area contributed by atoms with E-state index in [2.05, 4.69) is 10.6 Å². The number of hydrogen-bond donors (Lipinski definition) is 3. The van der Waals surface area contributed by atoms with Gasteiger partial charge in [0.2, 0.25) is 0 Å². The van der Waals surface area contributed by atoms with E-state index in [0.717, 1.165) is 18.7 Å². The van der Waals surface area contributed by atoms with Gasteiger partial charge in [-0.1, -0.05) is 5.16 Å². The lowest BCUT2D eigenvalue weighted by molar-refractivity contribution is 0.0105. The molecule has 1 fully saturated rings. The van der Waals surface area contributed by atoms with E-state index in [9.17, 15) is 4.39 Å². The SMILES string of the molecule is N/C(=N/O)c1cc(F)cc(CNN2CCOCC2)c1. The van der Waals surface area contributed by atoms with E-state index in [1.807, 2.05) is 5.01 Å². The van der Waals surface area contributed by atoms with Gasteiger partial charge < -0.3 is 15.7 Å². The Labute approximate surface area is 110 Å². The molecule has 0 atom stereocenters. The number of morpholine rings is 1. The first-order valence-electron chi connectivity index (χ1n) is 6.02. The van der Waals surface area contributed by atoms with E-state index in [0.29, 0.717) is 25.3 Å². The van der Waals surface area contributed by atoms with Gasteiger partial charge in [0, 0.05) is 25.2 Å². The summed E-state index contributed by atoms with van der Waals surface area (Å²) in [5.41, 5.74) is 9.74. The summed E-state index contributed by atoms with van der Waals surface area (Å²) in [6.07, 6.45) is 0. The normalized spacial score (nSPS) is 17.6. The molecule has 0 unspecified atom stereocenters. The van der Waals surface area contributed by atoms with Crippen molar-refractivity contribution in [3.05, 3.63) is 35.1 Å². The van der Waals surface area contributed by atoms with Crippen molar-refractivity contribution < 1.29 is 14.3 Å². The van der Waals surface area contributed by atoms with E-state index in [1.165, 1.54) is 12.1 Å². The molecular weight excluding hydrogens is 251 g/mol. The Balaban J connectivity index is 2.01. The van der Waals surface area contributed by atoms with Crippen molar-refractivity contribution >= 4 is 5.84 Å². The fourth-order valence-corrected chi connectivity index (χ4v) is 1.88. The van der Waals surface area contributed by atoms with Gasteiger partial charge in [0.05, 0.1) is 13.2 Å². The van der Waals surface area contributed by atoms with Crippen molar-refractivity contribution in [2.75, 3.05) is 26.3 Å². The molecule has 6 nitrogen and oxygen atoms in total. The first kappa shape index (κ1) is 13.7. The number of hydrazine groups is 1. The number of oxime groups is 1. The number of nitrogens with two attached hydrogens (primary N) is 1. The van der Waals surface area contributed by atoms with Crippen LogP contribution in [-0.2, 0) is 11.3 Å². The van der Waals surface area contributed by atoms with Crippen LogP contribution in [0.3, 0.4) is 0 Å². The Morgan fingerprint density at radius 1 is 1.42 bits per heavy atom. The average Bonchev–Trinajstić information content (AvgIpc) is 2.45. The molecule has 0 aliphatic carbocycles. The van der Waals surface area contributed by atoms with Gasteiger partial charge in [0.15, 0.2) is 5.84 Å². The van der Waals surface area contributed by atoms with Crippen LogP contribution in [0.25, 0.3) is 0 Å². The quantitative estimate of drug-likeness (QED) is 0.316. The first-order valence-corrected chi connectivity index (χ1v) is 6.02. The van der Waals surface area contributed by atoms with Gasteiger partial charge in [-0.05, 0) is 23.8 Å². The van der Waals surface area contributed by atoms with Crippen LogP contribution < -0.4 is 11.2 Å². The van der Waals surface area contributed by atoms with Gasteiger partial charge in [-0.25, -0.2) is 9.40 Å². The standard InChI is InChI=1S/C12H17FN4O2/c13-11-6-9(5-10(7-11)12(14)16-18)8-15-17-1-3-19-4-2-17/h5-7,15,18H,1-4,8H2,(H2,14,16). The van der Waals surface area contributed by atoms with E-state index in [1.54, 1.807) is 6.07 Å². The number of hydrogen-bond acceptors (Lipinski definition) is 5. The van der Waals surface area contributed by atoms with Crippen LogP contribution in [0.1, 0.15) is 11.1 Å². The molecule has 1 saturated heterocycles. The summed E-state index contributed by atoms with van der Waals surface area (Å²) in [5.74, 6) is -0.519. The van der Waals surface area contributed by atoms with Crippen molar-refractivity contribution in [1.29, 1.82) is 0 Å². The number of halogens is 1. The van der Waals surface area contributed by atoms with E-state index >= 15 is 0 Å². The number of benzene rings is 1. The maximum atomic E-state index is 13.4. The van der Waals surface area contributed by atoms with Crippen molar-refractivity contribution in [2.45, 2.75) is 6.54 Å². The fraction of sp³-hybridized carbons (Fsp3) is 0.417.